The van der Waals surface area contributed by atoms with Gasteiger partial charge in [0.15, 0.2) is 0 Å². The number of aromatic amines is 1. The highest BCUT2D eigenvalue weighted by Gasteiger charge is 2.38. The van der Waals surface area contributed by atoms with E-state index in [2.05, 4.69) is 61.9 Å². The molecular weight excluding hydrogens is 244 g/mol. The summed E-state index contributed by atoms with van der Waals surface area (Å²) in [7, 11) is 0. The molecule has 20 heavy (non-hydrogen) atoms. The molecule has 5 unspecified atom stereocenters. The molecule has 0 aliphatic heterocycles. The topological polar surface area (TPSA) is 28.7 Å². The minimum atomic E-state index is 0.476. The summed E-state index contributed by atoms with van der Waals surface area (Å²) in [4.78, 5) is 7.50. The SMILES string of the molecule is CC1c2ccccc2C(C(C)c2cnc[nH]2)C(C)C1C. The molecule has 0 radical (unpaired) electrons. The van der Waals surface area contributed by atoms with Crippen LogP contribution >= 0.6 is 0 Å². The van der Waals surface area contributed by atoms with Crippen LogP contribution in [0.15, 0.2) is 36.8 Å². The summed E-state index contributed by atoms with van der Waals surface area (Å²) in [6.45, 7) is 9.51. The van der Waals surface area contributed by atoms with Crippen molar-refractivity contribution >= 4 is 0 Å². The van der Waals surface area contributed by atoms with Crippen LogP contribution in [0.1, 0.15) is 62.3 Å². The van der Waals surface area contributed by atoms with Gasteiger partial charge in [-0.3, -0.25) is 0 Å². The Morgan fingerprint density at radius 1 is 1.05 bits per heavy atom. The van der Waals surface area contributed by atoms with Crippen molar-refractivity contribution in [1.29, 1.82) is 0 Å². The van der Waals surface area contributed by atoms with Crippen LogP contribution in [0.4, 0.5) is 0 Å². The number of rotatable bonds is 2. The Morgan fingerprint density at radius 3 is 2.40 bits per heavy atom. The molecule has 106 valence electrons. The predicted octanol–water partition coefficient (Wildman–Crippen LogP) is 4.69. The van der Waals surface area contributed by atoms with E-state index in [1.165, 1.54) is 16.8 Å². The lowest BCUT2D eigenvalue weighted by Crippen LogP contribution is -2.31. The van der Waals surface area contributed by atoms with Gasteiger partial charge < -0.3 is 4.98 Å². The number of nitrogens with zero attached hydrogens (tertiary/aromatic N) is 1. The Labute approximate surface area is 121 Å². The van der Waals surface area contributed by atoms with Gasteiger partial charge in [-0.2, -0.15) is 0 Å². The van der Waals surface area contributed by atoms with E-state index in [9.17, 15) is 0 Å². The third-order valence-corrected chi connectivity index (χ3v) is 5.58. The third-order valence-electron chi connectivity index (χ3n) is 5.58. The molecule has 1 aliphatic carbocycles. The highest BCUT2D eigenvalue weighted by molar-refractivity contribution is 5.38. The zero-order chi connectivity index (χ0) is 14.3. The van der Waals surface area contributed by atoms with E-state index in [1.807, 2.05) is 6.20 Å². The van der Waals surface area contributed by atoms with Crippen LogP contribution in [-0.4, -0.2) is 9.97 Å². The maximum Gasteiger partial charge on any atom is 0.0921 e. The lowest BCUT2D eigenvalue weighted by atomic mass is 9.62. The quantitative estimate of drug-likeness (QED) is 0.841. The average molecular weight is 268 g/mol. The van der Waals surface area contributed by atoms with Crippen molar-refractivity contribution in [1.82, 2.24) is 9.97 Å². The number of imidazole rings is 1. The normalized spacial score (nSPS) is 30.8. The van der Waals surface area contributed by atoms with Crippen LogP contribution in [-0.2, 0) is 0 Å². The van der Waals surface area contributed by atoms with Crippen molar-refractivity contribution < 1.29 is 0 Å². The maximum atomic E-state index is 4.20. The van der Waals surface area contributed by atoms with Gasteiger partial charge in [0, 0.05) is 17.8 Å². The fourth-order valence-electron chi connectivity index (χ4n) is 4.01. The smallest absolute Gasteiger partial charge is 0.0921 e. The van der Waals surface area contributed by atoms with Gasteiger partial charge in [0.05, 0.1) is 6.33 Å². The van der Waals surface area contributed by atoms with E-state index < -0.39 is 0 Å². The Kier molecular flexibility index (Phi) is 3.41. The van der Waals surface area contributed by atoms with Crippen LogP contribution in [0.3, 0.4) is 0 Å². The fourth-order valence-corrected chi connectivity index (χ4v) is 4.01. The molecule has 1 N–H and O–H groups in total. The maximum absolute atomic E-state index is 4.20. The molecule has 0 saturated carbocycles. The molecule has 2 aromatic rings. The second kappa shape index (κ2) is 5.08. The summed E-state index contributed by atoms with van der Waals surface area (Å²) < 4.78 is 0. The molecule has 2 heteroatoms. The van der Waals surface area contributed by atoms with Gasteiger partial charge in [-0.1, -0.05) is 52.0 Å². The van der Waals surface area contributed by atoms with E-state index >= 15 is 0 Å². The Balaban J connectivity index is 2.07. The molecule has 0 bridgehead atoms. The number of aromatic nitrogens is 2. The average Bonchev–Trinajstić information content (AvgIpc) is 2.99. The third kappa shape index (κ3) is 1.98. The summed E-state index contributed by atoms with van der Waals surface area (Å²) in [5.41, 5.74) is 4.32. The summed E-state index contributed by atoms with van der Waals surface area (Å²) in [6, 6.07) is 9.00. The van der Waals surface area contributed by atoms with Crippen LogP contribution in [0, 0.1) is 11.8 Å². The summed E-state index contributed by atoms with van der Waals surface area (Å²) >= 11 is 0. The molecule has 0 amide bonds. The molecule has 1 aromatic heterocycles. The number of benzene rings is 1. The summed E-state index contributed by atoms with van der Waals surface area (Å²) in [5.74, 6) is 3.08. The summed E-state index contributed by atoms with van der Waals surface area (Å²) in [6.07, 6.45) is 3.76. The Morgan fingerprint density at radius 2 is 1.75 bits per heavy atom. The lowest BCUT2D eigenvalue weighted by molar-refractivity contribution is 0.242. The second-order valence-electron chi connectivity index (χ2n) is 6.46. The molecule has 3 rings (SSSR count). The molecule has 1 aliphatic rings. The Bertz CT molecular complexity index is 573. The van der Waals surface area contributed by atoms with Crippen molar-refractivity contribution in [2.45, 2.75) is 45.4 Å². The zero-order valence-electron chi connectivity index (χ0n) is 12.8. The number of hydrogen-bond donors (Lipinski definition) is 1. The second-order valence-corrected chi connectivity index (χ2v) is 6.46. The Hall–Kier alpha value is -1.57. The van der Waals surface area contributed by atoms with Crippen molar-refractivity contribution in [3.05, 3.63) is 53.6 Å². The number of H-pyrrole nitrogens is 1. The van der Waals surface area contributed by atoms with Crippen LogP contribution in [0.5, 0.6) is 0 Å². The first kappa shape index (κ1) is 13.4. The first-order valence-electron chi connectivity index (χ1n) is 7.68. The fraction of sp³-hybridized carbons (Fsp3) is 0.500. The molecule has 2 nitrogen and oxygen atoms in total. The van der Waals surface area contributed by atoms with Gasteiger partial charge >= 0.3 is 0 Å². The van der Waals surface area contributed by atoms with Gasteiger partial charge in [-0.15, -0.1) is 0 Å². The minimum absolute atomic E-state index is 0.476. The predicted molar refractivity (Wildman–Crippen MR) is 82.9 cm³/mol. The first-order valence-corrected chi connectivity index (χ1v) is 7.68. The van der Waals surface area contributed by atoms with Gasteiger partial charge in [-0.05, 0) is 34.8 Å². The van der Waals surface area contributed by atoms with E-state index in [4.69, 9.17) is 0 Å². The molecular formula is C18H24N2. The van der Waals surface area contributed by atoms with Gasteiger partial charge in [0.2, 0.25) is 0 Å². The van der Waals surface area contributed by atoms with Crippen molar-refractivity contribution in [2.24, 2.45) is 11.8 Å². The van der Waals surface area contributed by atoms with Crippen LogP contribution < -0.4 is 0 Å². The van der Waals surface area contributed by atoms with Crippen molar-refractivity contribution in [3.8, 4) is 0 Å². The molecule has 5 atom stereocenters. The molecule has 1 heterocycles. The van der Waals surface area contributed by atoms with Crippen molar-refractivity contribution in [3.63, 3.8) is 0 Å². The molecule has 1 aromatic carbocycles. The van der Waals surface area contributed by atoms with E-state index in [0.29, 0.717) is 29.6 Å². The van der Waals surface area contributed by atoms with Gasteiger partial charge in [0.1, 0.15) is 0 Å². The van der Waals surface area contributed by atoms with E-state index in [1.54, 1.807) is 6.33 Å². The number of hydrogen-bond acceptors (Lipinski definition) is 1. The van der Waals surface area contributed by atoms with E-state index in [-0.39, 0.29) is 0 Å². The minimum Gasteiger partial charge on any atom is -0.348 e. The number of nitrogens with one attached hydrogen (secondary N) is 1. The highest BCUT2D eigenvalue weighted by atomic mass is 14.9. The number of fused-ring (bicyclic) bond motifs is 1. The molecule has 0 saturated heterocycles. The summed E-state index contributed by atoms with van der Waals surface area (Å²) in [5, 5.41) is 0. The largest absolute Gasteiger partial charge is 0.348 e. The van der Waals surface area contributed by atoms with E-state index in [0.717, 1.165) is 0 Å². The van der Waals surface area contributed by atoms with Crippen LogP contribution in [0.2, 0.25) is 0 Å². The first-order chi connectivity index (χ1) is 9.61. The highest BCUT2D eigenvalue weighted by Crippen LogP contribution is 2.50. The molecule has 0 fully saturated rings. The van der Waals surface area contributed by atoms with Gasteiger partial charge in [-0.25, -0.2) is 4.98 Å². The van der Waals surface area contributed by atoms with Gasteiger partial charge in [0.25, 0.3) is 0 Å². The standard InChI is InChI=1S/C18H24N2/c1-11-12(2)15-7-5-6-8-16(15)18(13(11)3)14(4)17-9-19-10-20-17/h5-14,18H,1-4H3,(H,19,20). The lowest BCUT2D eigenvalue weighted by Gasteiger charge is -2.42. The zero-order valence-corrected chi connectivity index (χ0v) is 12.8. The monoisotopic (exact) mass is 268 g/mol. The van der Waals surface area contributed by atoms with Crippen LogP contribution in [0.25, 0.3) is 0 Å². The molecule has 0 spiro atoms. The van der Waals surface area contributed by atoms with Crippen molar-refractivity contribution in [2.75, 3.05) is 0 Å².